The Balaban J connectivity index is 2.58. The fraction of sp³-hybridized carbons (Fsp3) is 0.571. The van der Waals surface area contributed by atoms with E-state index >= 15 is 0 Å². The Bertz CT molecular complexity index is 354. The van der Waals surface area contributed by atoms with Gasteiger partial charge in [0.2, 0.25) is 0 Å². The number of nitrogens with zero attached hydrogens (tertiary/aromatic N) is 1. The van der Waals surface area contributed by atoms with E-state index in [0.29, 0.717) is 6.54 Å². The summed E-state index contributed by atoms with van der Waals surface area (Å²) in [5.74, 6) is 0.888. The lowest BCUT2D eigenvalue weighted by atomic mass is 10.2. The van der Waals surface area contributed by atoms with E-state index in [2.05, 4.69) is 24.1 Å². The van der Waals surface area contributed by atoms with Gasteiger partial charge in [0.15, 0.2) is 0 Å². The minimum atomic E-state index is -0.114. The lowest BCUT2D eigenvalue weighted by Crippen LogP contribution is -2.25. The molecule has 2 nitrogen and oxygen atoms in total. The summed E-state index contributed by atoms with van der Waals surface area (Å²) in [5.41, 5.74) is 0.782. The van der Waals surface area contributed by atoms with Crippen LogP contribution in [0.3, 0.4) is 0 Å². The lowest BCUT2D eigenvalue weighted by molar-refractivity contribution is 0.324. The average Bonchev–Trinajstić information content (AvgIpc) is 2.38. The molecule has 4 heteroatoms. The van der Waals surface area contributed by atoms with Gasteiger partial charge in [-0.25, -0.2) is 4.39 Å². The predicted octanol–water partition coefficient (Wildman–Crippen LogP) is 2.98. The van der Waals surface area contributed by atoms with E-state index < -0.39 is 0 Å². The van der Waals surface area contributed by atoms with Gasteiger partial charge < -0.3 is 10.2 Å². The SMILES string of the molecule is CCN(CC)CCSc1cccc(F)c1CNC. The zero-order chi connectivity index (χ0) is 13.4. The van der Waals surface area contributed by atoms with Gasteiger partial charge in [-0.15, -0.1) is 11.8 Å². The summed E-state index contributed by atoms with van der Waals surface area (Å²) in [6.45, 7) is 8.12. The van der Waals surface area contributed by atoms with Crippen LogP contribution in [0.4, 0.5) is 4.39 Å². The molecular weight excluding hydrogens is 247 g/mol. The first-order valence-electron chi connectivity index (χ1n) is 6.50. The van der Waals surface area contributed by atoms with Gasteiger partial charge in [-0.2, -0.15) is 0 Å². The van der Waals surface area contributed by atoms with Crippen LogP contribution < -0.4 is 5.32 Å². The van der Waals surface area contributed by atoms with Gasteiger partial charge in [-0.3, -0.25) is 0 Å². The Hall–Kier alpha value is -0.580. The molecule has 0 saturated heterocycles. The lowest BCUT2D eigenvalue weighted by Gasteiger charge is -2.18. The zero-order valence-electron chi connectivity index (χ0n) is 11.5. The van der Waals surface area contributed by atoms with Crippen molar-refractivity contribution in [1.29, 1.82) is 0 Å². The molecule has 1 rings (SSSR count). The molecule has 0 heterocycles. The number of thioether (sulfide) groups is 1. The largest absolute Gasteiger partial charge is 0.316 e. The van der Waals surface area contributed by atoms with Gasteiger partial charge in [-0.05, 0) is 32.3 Å². The van der Waals surface area contributed by atoms with Gasteiger partial charge >= 0.3 is 0 Å². The van der Waals surface area contributed by atoms with Gasteiger partial charge in [-0.1, -0.05) is 19.9 Å². The average molecular weight is 270 g/mol. The quantitative estimate of drug-likeness (QED) is 0.731. The number of benzene rings is 1. The van der Waals surface area contributed by atoms with Crippen molar-refractivity contribution in [2.75, 3.05) is 32.4 Å². The van der Waals surface area contributed by atoms with Crippen molar-refractivity contribution in [1.82, 2.24) is 10.2 Å². The van der Waals surface area contributed by atoms with E-state index in [-0.39, 0.29) is 5.82 Å². The number of nitrogens with one attached hydrogen (secondary N) is 1. The van der Waals surface area contributed by atoms with E-state index in [1.807, 2.05) is 13.1 Å². The molecule has 0 bridgehead atoms. The molecular formula is C14H23FN2S. The van der Waals surface area contributed by atoms with E-state index in [4.69, 9.17) is 0 Å². The number of hydrogen-bond acceptors (Lipinski definition) is 3. The van der Waals surface area contributed by atoms with Crippen molar-refractivity contribution in [2.24, 2.45) is 0 Å². The van der Waals surface area contributed by atoms with Crippen LogP contribution in [0.25, 0.3) is 0 Å². The summed E-state index contributed by atoms with van der Waals surface area (Å²) in [7, 11) is 1.84. The first kappa shape index (κ1) is 15.5. The molecule has 1 aromatic carbocycles. The molecule has 18 heavy (non-hydrogen) atoms. The van der Waals surface area contributed by atoms with Crippen LogP contribution >= 0.6 is 11.8 Å². The highest BCUT2D eigenvalue weighted by Gasteiger charge is 2.08. The highest BCUT2D eigenvalue weighted by molar-refractivity contribution is 7.99. The van der Waals surface area contributed by atoms with Crippen molar-refractivity contribution in [2.45, 2.75) is 25.3 Å². The second kappa shape index (κ2) is 8.51. The Morgan fingerprint density at radius 2 is 2.00 bits per heavy atom. The zero-order valence-corrected chi connectivity index (χ0v) is 12.3. The number of hydrogen-bond donors (Lipinski definition) is 1. The highest BCUT2D eigenvalue weighted by atomic mass is 32.2. The van der Waals surface area contributed by atoms with E-state index in [1.165, 1.54) is 6.07 Å². The molecule has 0 aromatic heterocycles. The second-order valence-electron chi connectivity index (χ2n) is 4.12. The number of rotatable bonds is 8. The fourth-order valence-electron chi connectivity index (χ4n) is 1.85. The van der Waals surface area contributed by atoms with E-state index in [1.54, 1.807) is 17.8 Å². The third kappa shape index (κ3) is 4.59. The molecule has 0 amide bonds. The van der Waals surface area contributed by atoms with Crippen LogP contribution in [-0.4, -0.2) is 37.3 Å². The Labute approximate surface area is 114 Å². The summed E-state index contributed by atoms with van der Waals surface area (Å²) >= 11 is 1.74. The van der Waals surface area contributed by atoms with Crippen LogP contribution in [0, 0.1) is 5.82 Å². The first-order valence-corrected chi connectivity index (χ1v) is 7.48. The molecule has 0 aliphatic heterocycles. The van der Waals surface area contributed by atoms with Gasteiger partial charge in [0.05, 0.1) is 0 Å². The van der Waals surface area contributed by atoms with Crippen molar-refractivity contribution in [3.63, 3.8) is 0 Å². The van der Waals surface area contributed by atoms with Crippen molar-refractivity contribution < 1.29 is 4.39 Å². The van der Waals surface area contributed by atoms with E-state index in [0.717, 1.165) is 35.8 Å². The predicted molar refractivity (Wildman–Crippen MR) is 77.7 cm³/mol. The Morgan fingerprint density at radius 1 is 1.28 bits per heavy atom. The minimum Gasteiger partial charge on any atom is -0.316 e. The molecule has 0 atom stereocenters. The van der Waals surface area contributed by atoms with Gasteiger partial charge in [0, 0.05) is 29.3 Å². The second-order valence-corrected chi connectivity index (χ2v) is 5.26. The maximum atomic E-state index is 13.7. The standard InChI is InChI=1S/C14H23FN2S/c1-4-17(5-2)9-10-18-14-8-6-7-13(15)12(14)11-16-3/h6-8,16H,4-5,9-11H2,1-3H3. The van der Waals surface area contributed by atoms with E-state index in [9.17, 15) is 4.39 Å². The van der Waals surface area contributed by atoms with Crippen molar-refractivity contribution in [3.8, 4) is 0 Å². The normalized spacial score (nSPS) is 11.2. The number of halogens is 1. The summed E-state index contributed by atoms with van der Waals surface area (Å²) in [6, 6.07) is 5.32. The molecule has 0 radical (unpaired) electrons. The van der Waals surface area contributed by atoms with Crippen molar-refractivity contribution in [3.05, 3.63) is 29.6 Å². The molecule has 0 fully saturated rings. The minimum absolute atomic E-state index is 0.114. The van der Waals surface area contributed by atoms with Gasteiger partial charge in [0.25, 0.3) is 0 Å². The van der Waals surface area contributed by atoms with Crippen molar-refractivity contribution >= 4 is 11.8 Å². The van der Waals surface area contributed by atoms with Crippen LogP contribution in [-0.2, 0) is 6.54 Å². The molecule has 0 saturated carbocycles. The molecule has 102 valence electrons. The fourth-order valence-corrected chi connectivity index (χ4v) is 2.94. The molecule has 0 aliphatic rings. The summed E-state index contributed by atoms with van der Waals surface area (Å²) in [4.78, 5) is 3.43. The van der Waals surface area contributed by atoms with Crippen LogP contribution in [0.15, 0.2) is 23.1 Å². The summed E-state index contributed by atoms with van der Waals surface area (Å²) < 4.78 is 13.7. The molecule has 0 spiro atoms. The maximum absolute atomic E-state index is 13.7. The Kier molecular flexibility index (Phi) is 7.32. The third-order valence-corrected chi connectivity index (χ3v) is 4.07. The monoisotopic (exact) mass is 270 g/mol. The Morgan fingerprint density at radius 3 is 2.61 bits per heavy atom. The topological polar surface area (TPSA) is 15.3 Å². The highest BCUT2D eigenvalue weighted by Crippen LogP contribution is 2.24. The van der Waals surface area contributed by atoms with Crippen LogP contribution in [0.2, 0.25) is 0 Å². The van der Waals surface area contributed by atoms with Gasteiger partial charge in [0.1, 0.15) is 5.82 Å². The summed E-state index contributed by atoms with van der Waals surface area (Å²) in [6.07, 6.45) is 0. The molecule has 1 N–H and O–H groups in total. The third-order valence-electron chi connectivity index (χ3n) is 2.99. The molecule has 1 aromatic rings. The molecule has 0 aliphatic carbocycles. The van der Waals surface area contributed by atoms with Crippen LogP contribution in [0.1, 0.15) is 19.4 Å². The molecule has 0 unspecified atom stereocenters. The summed E-state index contributed by atoms with van der Waals surface area (Å²) in [5, 5.41) is 3.02. The van der Waals surface area contributed by atoms with Crippen LogP contribution in [0.5, 0.6) is 0 Å². The maximum Gasteiger partial charge on any atom is 0.128 e. The first-order chi connectivity index (χ1) is 8.72. The smallest absolute Gasteiger partial charge is 0.128 e.